The molecule has 0 aliphatic heterocycles. The minimum atomic E-state index is 0.681. The lowest BCUT2D eigenvalue weighted by Crippen LogP contribution is -2.10. The van der Waals surface area contributed by atoms with Crippen molar-refractivity contribution in [2.45, 2.75) is 13.5 Å². The molecule has 0 amide bonds. The number of hydrogen-bond acceptors (Lipinski definition) is 4. The molecule has 1 N–H and O–H groups in total. The molecule has 1 heterocycles. The Hall–Kier alpha value is -0.450. The van der Waals surface area contributed by atoms with Crippen molar-refractivity contribution < 1.29 is 4.84 Å². The van der Waals surface area contributed by atoms with E-state index in [4.69, 9.17) is 0 Å². The van der Waals surface area contributed by atoms with Gasteiger partial charge in [-0.15, -0.1) is 11.3 Å². The van der Waals surface area contributed by atoms with Gasteiger partial charge in [0, 0.05) is 5.38 Å². The molecular formula is C6H10N2OS. The molecule has 1 aromatic heterocycles. The first-order valence-corrected chi connectivity index (χ1v) is 3.87. The Balaban J connectivity index is 2.42. The Kier molecular flexibility index (Phi) is 2.80. The Morgan fingerprint density at radius 2 is 2.60 bits per heavy atom. The summed E-state index contributed by atoms with van der Waals surface area (Å²) in [4.78, 5) is 8.89. The first-order chi connectivity index (χ1) is 4.83. The Labute approximate surface area is 64.0 Å². The van der Waals surface area contributed by atoms with Gasteiger partial charge in [0.1, 0.15) is 0 Å². The number of aryl methyl sites for hydroxylation is 1. The van der Waals surface area contributed by atoms with Gasteiger partial charge < -0.3 is 4.84 Å². The molecule has 0 spiro atoms. The van der Waals surface area contributed by atoms with Crippen molar-refractivity contribution in [3.05, 3.63) is 16.1 Å². The molecular weight excluding hydrogens is 148 g/mol. The SMILES string of the molecule is CONCc1csc(C)n1. The summed E-state index contributed by atoms with van der Waals surface area (Å²) >= 11 is 1.65. The molecule has 56 valence electrons. The summed E-state index contributed by atoms with van der Waals surface area (Å²) in [5.41, 5.74) is 3.75. The van der Waals surface area contributed by atoms with Gasteiger partial charge >= 0.3 is 0 Å². The highest BCUT2D eigenvalue weighted by atomic mass is 32.1. The maximum Gasteiger partial charge on any atom is 0.0897 e. The molecule has 0 saturated carbocycles. The van der Waals surface area contributed by atoms with Crippen LogP contribution in [0.5, 0.6) is 0 Å². The molecule has 0 aliphatic carbocycles. The topological polar surface area (TPSA) is 34.1 Å². The van der Waals surface area contributed by atoms with Crippen LogP contribution in [0.3, 0.4) is 0 Å². The largest absolute Gasteiger partial charge is 0.305 e. The minimum absolute atomic E-state index is 0.681. The lowest BCUT2D eigenvalue weighted by Gasteiger charge is -1.95. The molecule has 0 fully saturated rings. The molecule has 4 heteroatoms. The molecule has 0 saturated heterocycles. The van der Waals surface area contributed by atoms with Crippen LogP contribution in [0.4, 0.5) is 0 Å². The van der Waals surface area contributed by atoms with Crippen molar-refractivity contribution in [2.75, 3.05) is 7.11 Å². The zero-order valence-corrected chi connectivity index (χ0v) is 6.86. The van der Waals surface area contributed by atoms with Crippen molar-refractivity contribution in [1.82, 2.24) is 10.5 Å². The van der Waals surface area contributed by atoms with Gasteiger partial charge in [-0.1, -0.05) is 0 Å². The van der Waals surface area contributed by atoms with Crippen LogP contribution >= 0.6 is 11.3 Å². The predicted molar refractivity (Wildman–Crippen MR) is 40.7 cm³/mol. The van der Waals surface area contributed by atoms with Gasteiger partial charge in [0.05, 0.1) is 24.4 Å². The van der Waals surface area contributed by atoms with Gasteiger partial charge in [0.15, 0.2) is 0 Å². The predicted octanol–water partition coefficient (Wildman–Crippen LogP) is 1.10. The maximum atomic E-state index is 4.67. The van der Waals surface area contributed by atoms with Crippen molar-refractivity contribution in [1.29, 1.82) is 0 Å². The number of hydroxylamine groups is 1. The Morgan fingerprint density at radius 1 is 1.80 bits per heavy atom. The summed E-state index contributed by atoms with van der Waals surface area (Å²) in [6.45, 7) is 2.67. The van der Waals surface area contributed by atoms with Crippen LogP contribution in [-0.2, 0) is 11.4 Å². The number of rotatable bonds is 3. The third-order valence-corrected chi connectivity index (χ3v) is 1.89. The smallest absolute Gasteiger partial charge is 0.0897 e. The van der Waals surface area contributed by atoms with Gasteiger partial charge in [-0.3, -0.25) is 0 Å². The summed E-state index contributed by atoms with van der Waals surface area (Å²) in [6, 6.07) is 0. The fourth-order valence-electron chi connectivity index (χ4n) is 0.636. The van der Waals surface area contributed by atoms with E-state index in [1.54, 1.807) is 18.4 Å². The van der Waals surface area contributed by atoms with E-state index in [9.17, 15) is 0 Å². The van der Waals surface area contributed by atoms with E-state index in [1.165, 1.54) is 0 Å². The highest BCUT2D eigenvalue weighted by Crippen LogP contribution is 2.06. The number of thiazole rings is 1. The van der Waals surface area contributed by atoms with Gasteiger partial charge in [-0.2, -0.15) is 5.48 Å². The van der Waals surface area contributed by atoms with Gasteiger partial charge in [-0.05, 0) is 6.92 Å². The first kappa shape index (κ1) is 7.65. The quantitative estimate of drug-likeness (QED) is 0.669. The fraction of sp³-hybridized carbons (Fsp3) is 0.500. The Morgan fingerprint density at radius 3 is 3.10 bits per heavy atom. The average Bonchev–Trinajstić information content (AvgIpc) is 2.31. The van der Waals surface area contributed by atoms with Crippen molar-refractivity contribution >= 4 is 11.3 Å². The molecule has 0 unspecified atom stereocenters. The fourth-order valence-corrected chi connectivity index (χ4v) is 1.25. The van der Waals surface area contributed by atoms with E-state index in [-0.39, 0.29) is 0 Å². The molecule has 1 rings (SSSR count). The second-order valence-corrected chi connectivity index (χ2v) is 2.95. The van der Waals surface area contributed by atoms with Crippen LogP contribution in [0, 0.1) is 6.92 Å². The van der Waals surface area contributed by atoms with Crippen molar-refractivity contribution in [2.24, 2.45) is 0 Å². The number of nitrogens with one attached hydrogen (secondary N) is 1. The highest BCUT2D eigenvalue weighted by molar-refractivity contribution is 7.09. The second kappa shape index (κ2) is 3.65. The van der Waals surface area contributed by atoms with E-state index >= 15 is 0 Å². The Bertz CT molecular complexity index is 199. The number of hydrogen-bond donors (Lipinski definition) is 1. The van der Waals surface area contributed by atoms with Crippen molar-refractivity contribution in [3.63, 3.8) is 0 Å². The summed E-state index contributed by atoms with van der Waals surface area (Å²) in [5, 5.41) is 3.11. The minimum Gasteiger partial charge on any atom is -0.305 e. The van der Waals surface area contributed by atoms with Gasteiger partial charge in [0.25, 0.3) is 0 Å². The monoisotopic (exact) mass is 158 g/mol. The number of aromatic nitrogens is 1. The first-order valence-electron chi connectivity index (χ1n) is 3.00. The van der Waals surface area contributed by atoms with Gasteiger partial charge in [0.2, 0.25) is 0 Å². The molecule has 10 heavy (non-hydrogen) atoms. The molecule has 0 radical (unpaired) electrons. The molecule has 0 atom stereocenters. The van der Waals surface area contributed by atoms with Gasteiger partial charge in [-0.25, -0.2) is 4.98 Å². The summed E-state index contributed by atoms with van der Waals surface area (Å²) in [7, 11) is 1.60. The van der Waals surface area contributed by atoms with E-state index in [0.29, 0.717) is 6.54 Å². The third kappa shape index (κ3) is 2.06. The lowest BCUT2D eigenvalue weighted by atomic mass is 10.5. The lowest BCUT2D eigenvalue weighted by molar-refractivity contribution is 0.0859. The molecule has 1 aromatic rings. The molecule has 0 bridgehead atoms. The van der Waals surface area contributed by atoms with E-state index in [2.05, 4.69) is 15.3 Å². The standard InChI is InChI=1S/C6H10N2OS/c1-5-8-6(4-10-5)3-7-9-2/h4,7H,3H2,1-2H3. The summed E-state index contributed by atoms with van der Waals surface area (Å²) in [6.07, 6.45) is 0. The van der Waals surface area contributed by atoms with Crippen LogP contribution in [0.15, 0.2) is 5.38 Å². The molecule has 0 aliphatic rings. The summed E-state index contributed by atoms with van der Waals surface area (Å²) in [5.74, 6) is 0. The summed E-state index contributed by atoms with van der Waals surface area (Å²) < 4.78 is 0. The van der Waals surface area contributed by atoms with Crippen LogP contribution in [0.2, 0.25) is 0 Å². The zero-order chi connectivity index (χ0) is 7.40. The second-order valence-electron chi connectivity index (χ2n) is 1.88. The van der Waals surface area contributed by atoms with E-state index in [0.717, 1.165) is 10.7 Å². The van der Waals surface area contributed by atoms with E-state index < -0.39 is 0 Å². The third-order valence-electron chi connectivity index (χ3n) is 1.06. The van der Waals surface area contributed by atoms with Crippen molar-refractivity contribution in [3.8, 4) is 0 Å². The molecule has 0 aromatic carbocycles. The van der Waals surface area contributed by atoms with Crippen LogP contribution in [-0.4, -0.2) is 12.1 Å². The highest BCUT2D eigenvalue weighted by Gasteiger charge is 1.95. The van der Waals surface area contributed by atoms with Crippen LogP contribution < -0.4 is 5.48 Å². The van der Waals surface area contributed by atoms with Crippen LogP contribution in [0.25, 0.3) is 0 Å². The average molecular weight is 158 g/mol. The van der Waals surface area contributed by atoms with Crippen LogP contribution in [0.1, 0.15) is 10.7 Å². The zero-order valence-electron chi connectivity index (χ0n) is 6.05. The normalized spacial score (nSPS) is 10.2. The maximum absolute atomic E-state index is 4.67. The van der Waals surface area contributed by atoms with E-state index in [1.807, 2.05) is 12.3 Å². The number of nitrogens with zero attached hydrogens (tertiary/aromatic N) is 1. The molecule has 3 nitrogen and oxygen atoms in total.